The highest BCUT2D eigenvalue weighted by Gasteiger charge is 2.43. The van der Waals surface area contributed by atoms with Crippen molar-refractivity contribution in [2.24, 2.45) is 11.8 Å². The average Bonchev–Trinajstić information content (AvgIpc) is 3.52. The van der Waals surface area contributed by atoms with Crippen LogP contribution in [0.25, 0.3) is 5.70 Å². The summed E-state index contributed by atoms with van der Waals surface area (Å²) < 4.78 is 12.7. The zero-order valence-corrected chi connectivity index (χ0v) is 19.9. The Labute approximate surface area is 195 Å². The molecule has 1 fully saturated rings. The Morgan fingerprint density at radius 1 is 1.36 bits per heavy atom. The van der Waals surface area contributed by atoms with E-state index in [4.69, 9.17) is 9.47 Å². The van der Waals surface area contributed by atoms with Gasteiger partial charge in [0.1, 0.15) is 11.9 Å². The van der Waals surface area contributed by atoms with Crippen LogP contribution in [0.3, 0.4) is 0 Å². The number of carboxylic acid groups (broad SMARTS) is 1. The molecule has 176 valence electrons. The van der Waals surface area contributed by atoms with Gasteiger partial charge in [-0.1, -0.05) is 26.7 Å². The van der Waals surface area contributed by atoms with E-state index in [1.54, 1.807) is 6.20 Å². The molecule has 6 heteroatoms. The molecule has 0 amide bonds. The first-order valence-electron chi connectivity index (χ1n) is 12.1. The summed E-state index contributed by atoms with van der Waals surface area (Å²) in [4.78, 5) is 26.1. The topological polar surface area (TPSA) is 76.1 Å². The summed E-state index contributed by atoms with van der Waals surface area (Å²) in [5.41, 5.74) is 4.52. The lowest BCUT2D eigenvalue weighted by Crippen LogP contribution is -2.42. The third-order valence-electron chi connectivity index (χ3n) is 7.34. The maximum Gasteiger partial charge on any atom is 0.333 e. The van der Waals surface area contributed by atoms with Gasteiger partial charge in [0.25, 0.3) is 0 Å². The van der Waals surface area contributed by atoms with Crippen molar-refractivity contribution in [2.75, 3.05) is 6.61 Å². The summed E-state index contributed by atoms with van der Waals surface area (Å²) in [5.74, 6) is 1.67. The number of aliphatic carboxylic acids is 1. The summed E-state index contributed by atoms with van der Waals surface area (Å²) in [7, 11) is 0. The van der Waals surface area contributed by atoms with Gasteiger partial charge in [-0.2, -0.15) is 0 Å². The lowest BCUT2D eigenvalue weighted by Gasteiger charge is -2.44. The largest absolute Gasteiger partial charge is 0.490 e. The Balaban J connectivity index is 1.65. The minimum atomic E-state index is -0.976. The van der Waals surface area contributed by atoms with Crippen LogP contribution in [-0.2, 0) is 22.4 Å². The monoisotopic (exact) mass is 451 g/mol. The third-order valence-corrected chi connectivity index (χ3v) is 7.34. The quantitative estimate of drug-likeness (QED) is 0.604. The number of ether oxygens (including phenoxy) is 2. The standard InChI is InChI=1S/C27H33NO5/c1-15(2)21-10-17-11-22(32-8-7-16-5-6-16)25-20(12-27(3,4)33-25)23(17)24-19(14-29)9-18(26(30)31)13-28(21)24/h11,13-16,21H,5-10,12H2,1-4H3,(H,30,31)/t21-/m0/s1. The first kappa shape index (κ1) is 22.1. The molecule has 1 saturated carbocycles. The van der Waals surface area contributed by atoms with E-state index in [0.717, 1.165) is 65.4 Å². The predicted molar refractivity (Wildman–Crippen MR) is 125 cm³/mol. The van der Waals surface area contributed by atoms with Crippen LogP contribution in [-0.4, -0.2) is 40.5 Å². The van der Waals surface area contributed by atoms with Gasteiger partial charge in [0, 0.05) is 41.8 Å². The maximum absolute atomic E-state index is 12.2. The van der Waals surface area contributed by atoms with Crippen molar-refractivity contribution in [1.82, 2.24) is 4.90 Å². The van der Waals surface area contributed by atoms with Gasteiger partial charge < -0.3 is 19.5 Å². The summed E-state index contributed by atoms with van der Waals surface area (Å²) in [6.45, 7) is 9.12. The lowest BCUT2D eigenvalue weighted by atomic mass is 9.79. The number of hydrogen-bond acceptors (Lipinski definition) is 5. The highest BCUT2D eigenvalue weighted by Crippen LogP contribution is 2.52. The van der Waals surface area contributed by atoms with E-state index >= 15 is 0 Å². The van der Waals surface area contributed by atoms with Crippen molar-refractivity contribution < 1.29 is 24.2 Å². The fourth-order valence-electron chi connectivity index (χ4n) is 5.47. The molecule has 3 aliphatic heterocycles. The minimum Gasteiger partial charge on any atom is -0.490 e. The van der Waals surface area contributed by atoms with Gasteiger partial charge in [-0.15, -0.1) is 0 Å². The Morgan fingerprint density at radius 3 is 2.76 bits per heavy atom. The van der Waals surface area contributed by atoms with E-state index in [1.165, 1.54) is 12.8 Å². The van der Waals surface area contributed by atoms with E-state index in [1.807, 2.05) is 4.90 Å². The summed E-state index contributed by atoms with van der Waals surface area (Å²) in [6, 6.07) is 2.17. The number of nitrogens with zero attached hydrogens (tertiary/aromatic N) is 1. The second kappa shape index (κ2) is 7.93. The van der Waals surface area contributed by atoms with E-state index in [9.17, 15) is 14.7 Å². The van der Waals surface area contributed by atoms with Gasteiger partial charge in [0.2, 0.25) is 0 Å². The van der Waals surface area contributed by atoms with Crippen molar-refractivity contribution >= 4 is 18.0 Å². The number of benzene rings is 1. The molecule has 4 aliphatic rings. The summed E-state index contributed by atoms with van der Waals surface area (Å²) >= 11 is 0. The molecule has 0 aromatic heterocycles. The maximum atomic E-state index is 12.2. The molecule has 0 spiro atoms. The SMILES string of the molecule is CC(C)[C@@H]1Cc2cc(OCCC3CC3)c3c(c2C2=C(C=O)CC(C(=O)O)=CN21)CC(C)(C)O3. The van der Waals surface area contributed by atoms with Crippen LogP contribution >= 0.6 is 0 Å². The van der Waals surface area contributed by atoms with Crippen LogP contribution in [0.5, 0.6) is 11.5 Å². The summed E-state index contributed by atoms with van der Waals surface area (Å²) in [6.07, 6.45) is 7.86. The minimum absolute atomic E-state index is 0.0600. The molecule has 3 heterocycles. The second-order valence-corrected chi connectivity index (χ2v) is 10.9. The molecule has 1 atom stereocenters. The van der Waals surface area contributed by atoms with Crippen molar-refractivity contribution in [2.45, 2.75) is 77.9 Å². The zero-order chi connectivity index (χ0) is 23.5. The van der Waals surface area contributed by atoms with Crippen molar-refractivity contribution in [1.29, 1.82) is 0 Å². The fraction of sp³-hybridized carbons (Fsp3) is 0.556. The van der Waals surface area contributed by atoms with Crippen molar-refractivity contribution in [3.8, 4) is 11.5 Å². The average molecular weight is 452 g/mol. The van der Waals surface area contributed by atoms with Gasteiger partial charge in [-0.25, -0.2) is 4.79 Å². The van der Waals surface area contributed by atoms with E-state index < -0.39 is 5.97 Å². The number of rotatable bonds is 7. The molecule has 33 heavy (non-hydrogen) atoms. The molecule has 0 bridgehead atoms. The molecule has 6 nitrogen and oxygen atoms in total. The number of fused-ring (bicyclic) bond motifs is 5. The fourth-order valence-corrected chi connectivity index (χ4v) is 5.47. The van der Waals surface area contributed by atoms with Crippen LogP contribution in [0.15, 0.2) is 23.4 Å². The highest BCUT2D eigenvalue weighted by molar-refractivity contribution is 5.97. The smallest absolute Gasteiger partial charge is 0.333 e. The van der Waals surface area contributed by atoms with Gasteiger partial charge >= 0.3 is 5.97 Å². The number of hydrogen-bond donors (Lipinski definition) is 1. The van der Waals surface area contributed by atoms with Gasteiger partial charge in [0.15, 0.2) is 11.5 Å². The first-order chi connectivity index (χ1) is 15.7. The highest BCUT2D eigenvalue weighted by atomic mass is 16.5. The number of carboxylic acids is 1. The van der Waals surface area contributed by atoms with Crippen LogP contribution < -0.4 is 9.47 Å². The molecule has 1 aromatic rings. The third kappa shape index (κ3) is 3.94. The predicted octanol–water partition coefficient (Wildman–Crippen LogP) is 4.74. The lowest BCUT2D eigenvalue weighted by molar-refractivity contribution is -0.132. The molecule has 5 rings (SSSR count). The van der Waals surface area contributed by atoms with Crippen molar-refractivity contribution in [3.05, 3.63) is 40.1 Å². The number of carbonyl (C=O) groups excluding carboxylic acids is 1. The molecule has 1 N–H and O–H groups in total. The van der Waals surface area contributed by atoms with Gasteiger partial charge in [-0.05, 0) is 50.2 Å². The Bertz CT molecular complexity index is 1080. The molecule has 0 unspecified atom stereocenters. The zero-order valence-electron chi connectivity index (χ0n) is 19.9. The van der Waals surface area contributed by atoms with E-state index in [0.29, 0.717) is 12.2 Å². The van der Waals surface area contributed by atoms with Crippen molar-refractivity contribution in [3.63, 3.8) is 0 Å². The molecule has 0 radical (unpaired) electrons. The van der Waals surface area contributed by atoms with Crippen LogP contribution in [0, 0.1) is 11.8 Å². The normalized spacial score (nSPS) is 22.9. The van der Waals surface area contributed by atoms with Gasteiger partial charge in [0.05, 0.1) is 17.9 Å². The molecule has 1 aromatic carbocycles. The summed E-state index contributed by atoms with van der Waals surface area (Å²) in [5, 5.41) is 9.68. The van der Waals surface area contributed by atoms with Crippen LogP contribution in [0.2, 0.25) is 0 Å². The Hall–Kier alpha value is -2.76. The van der Waals surface area contributed by atoms with Gasteiger partial charge in [-0.3, -0.25) is 4.79 Å². The number of carbonyl (C=O) groups is 2. The van der Waals surface area contributed by atoms with E-state index in [-0.39, 0.29) is 29.6 Å². The second-order valence-electron chi connectivity index (χ2n) is 10.9. The molecule has 0 saturated heterocycles. The number of aldehydes is 1. The molecular formula is C27H33NO5. The Kier molecular flexibility index (Phi) is 5.30. The number of allylic oxidation sites excluding steroid dienone is 1. The van der Waals surface area contributed by atoms with E-state index in [2.05, 4.69) is 33.8 Å². The van der Waals surface area contributed by atoms with Crippen LogP contribution in [0.4, 0.5) is 0 Å². The molecular weight excluding hydrogens is 418 g/mol. The molecule has 1 aliphatic carbocycles. The Morgan fingerprint density at radius 2 is 2.12 bits per heavy atom. The first-order valence-corrected chi connectivity index (χ1v) is 12.1. The van der Waals surface area contributed by atoms with Crippen LogP contribution in [0.1, 0.15) is 70.1 Å².